The van der Waals surface area contributed by atoms with Crippen LogP contribution in [0.15, 0.2) is 0 Å². The van der Waals surface area contributed by atoms with Gasteiger partial charge < -0.3 is 15.1 Å². The molecule has 24 heavy (non-hydrogen) atoms. The molecule has 0 aromatic heterocycles. The van der Waals surface area contributed by atoms with Crippen LogP contribution in [0.3, 0.4) is 0 Å². The fraction of sp³-hybridized carbons (Fsp3) is 0.895. The molecule has 2 amide bonds. The number of amides is 2. The highest BCUT2D eigenvalue weighted by molar-refractivity contribution is 5.88. The van der Waals surface area contributed by atoms with Crippen molar-refractivity contribution < 1.29 is 9.59 Å². The van der Waals surface area contributed by atoms with E-state index < -0.39 is 0 Å². The normalized spacial score (nSPS) is 20.6. The second-order valence-electron chi connectivity index (χ2n) is 7.63. The molecule has 0 radical (unpaired) electrons. The lowest BCUT2D eigenvalue weighted by Crippen LogP contribution is -2.50. The second-order valence-corrected chi connectivity index (χ2v) is 7.63. The Labute approximate surface area is 147 Å². The molecule has 2 aliphatic rings. The molecule has 2 aliphatic heterocycles. The van der Waals surface area contributed by atoms with Crippen LogP contribution in [0, 0.1) is 5.92 Å². The number of nitrogens with zero attached hydrogens (tertiary/aromatic N) is 2. The monoisotopic (exact) mass is 337 g/mol. The van der Waals surface area contributed by atoms with Crippen LogP contribution in [0.25, 0.3) is 0 Å². The maximum Gasteiger partial charge on any atom is 0.243 e. The molecule has 0 spiro atoms. The molecule has 138 valence electrons. The smallest absolute Gasteiger partial charge is 0.243 e. The summed E-state index contributed by atoms with van der Waals surface area (Å²) < 4.78 is 0. The number of piperidine rings is 1. The number of likely N-dealkylation sites (tertiary alicyclic amines) is 2. The zero-order chi connectivity index (χ0) is 17.4. The number of carbonyl (C=O) groups is 2. The topological polar surface area (TPSA) is 52.7 Å². The second kappa shape index (κ2) is 10.0. The van der Waals surface area contributed by atoms with E-state index in [2.05, 4.69) is 10.2 Å². The van der Waals surface area contributed by atoms with E-state index in [9.17, 15) is 9.59 Å². The van der Waals surface area contributed by atoms with Gasteiger partial charge in [-0.05, 0) is 57.7 Å². The molecule has 1 N–H and O–H groups in total. The van der Waals surface area contributed by atoms with Crippen LogP contribution in [-0.2, 0) is 9.59 Å². The first kappa shape index (κ1) is 19.2. The average molecular weight is 338 g/mol. The molecule has 0 saturated carbocycles. The van der Waals surface area contributed by atoms with E-state index in [-0.39, 0.29) is 23.8 Å². The van der Waals surface area contributed by atoms with Crippen LogP contribution in [0.5, 0.6) is 0 Å². The molecule has 5 nitrogen and oxygen atoms in total. The minimum atomic E-state index is -0.298. The van der Waals surface area contributed by atoms with Gasteiger partial charge in [0.1, 0.15) is 6.04 Å². The third-order valence-electron chi connectivity index (χ3n) is 5.24. The van der Waals surface area contributed by atoms with E-state index in [4.69, 9.17) is 0 Å². The molecular formula is C19H35N3O2. The van der Waals surface area contributed by atoms with Crippen LogP contribution < -0.4 is 5.32 Å². The summed E-state index contributed by atoms with van der Waals surface area (Å²) in [5.74, 6) is 0.313. The molecular weight excluding hydrogens is 302 g/mol. The quantitative estimate of drug-likeness (QED) is 0.657. The highest BCUT2D eigenvalue weighted by Crippen LogP contribution is 2.19. The van der Waals surface area contributed by atoms with Crippen molar-refractivity contribution in [3.05, 3.63) is 0 Å². The van der Waals surface area contributed by atoms with Crippen molar-refractivity contribution in [1.82, 2.24) is 15.1 Å². The highest BCUT2D eigenvalue weighted by Gasteiger charge is 2.34. The summed E-state index contributed by atoms with van der Waals surface area (Å²) in [5, 5.41) is 3.05. The summed E-state index contributed by atoms with van der Waals surface area (Å²) in [4.78, 5) is 28.8. The van der Waals surface area contributed by atoms with E-state index in [1.54, 1.807) is 4.90 Å². The third-order valence-corrected chi connectivity index (χ3v) is 5.24. The molecule has 0 aliphatic carbocycles. The number of carbonyl (C=O) groups excluding carboxylic acids is 2. The van der Waals surface area contributed by atoms with Crippen LogP contribution >= 0.6 is 0 Å². The number of unbranched alkanes of at least 4 members (excludes halogenated alkanes) is 2. The molecule has 0 aromatic carbocycles. The molecule has 5 heteroatoms. The highest BCUT2D eigenvalue weighted by atomic mass is 16.2. The zero-order valence-electron chi connectivity index (χ0n) is 15.6. The summed E-state index contributed by atoms with van der Waals surface area (Å²) in [6.45, 7) is 9.22. The fourth-order valence-corrected chi connectivity index (χ4v) is 3.90. The van der Waals surface area contributed by atoms with E-state index in [0.29, 0.717) is 6.42 Å². The molecule has 1 atom stereocenters. The first-order chi connectivity index (χ1) is 11.6. The van der Waals surface area contributed by atoms with Gasteiger partial charge in [-0.25, -0.2) is 0 Å². The van der Waals surface area contributed by atoms with Crippen LogP contribution in [0.1, 0.15) is 65.2 Å². The van der Waals surface area contributed by atoms with Gasteiger partial charge in [0.2, 0.25) is 11.8 Å². The van der Waals surface area contributed by atoms with E-state index in [1.165, 1.54) is 45.3 Å². The van der Waals surface area contributed by atoms with Crippen LogP contribution in [0.2, 0.25) is 0 Å². The maximum atomic E-state index is 12.5. The Kier molecular flexibility index (Phi) is 8.03. The van der Waals surface area contributed by atoms with Gasteiger partial charge in [-0.2, -0.15) is 0 Å². The minimum Gasteiger partial charge on any atom is -0.354 e. The summed E-state index contributed by atoms with van der Waals surface area (Å²) in [5.41, 5.74) is 0. The lowest BCUT2D eigenvalue weighted by atomic mass is 10.0. The number of hydrogen-bond donors (Lipinski definition) is 1. The largest absolute Gasteiger partial charge is 0.354 e. The lowest BCUT2D eigenvalue weighted by Gasteiger charge is -2.30. The molecule has 2 fully saturated rings. The number of nitrogens with one attached hydrogen (secondary N) is 1. The van der Waals surface area contributed by atoms with Gasteiger partial charge in [-0.1, -0.05) is 26.7 Å². The maximum absolute atomic E-state index is 12.5. The van der Waals surface area contributed by atoms with E-state index in [0.717, 1.165) is 32.4 Å². The summed E-state index contributed by atoms with van der Waals surface area (Å²) in [6.07, 6.45) is 8.96. The first-order valence-corrected chi connectivity index (χ1v) is 9.89. The minimum absolute atomic E-state index is 0.0243. The summed E-state index contributed by atoms with van der Waals surface area (Å²) in [7, 11) is 0. The SMILES string of the molecule is CC(C)C(C(=O)NCCCCCN1CCCCC1)N1CCCC1=O. The predicted octanol–water partition coefficient (Wildman–Crippen LogP) is 2.41. The Balaban J connectivity index is 1.61. The Morgan fingerprint density at radius 3 is 2.42 bits per heavy atom. The molecule has 2 saturated heterocycles. The van der Waals surface area contributed by atoms with Crippen LogP contribution in [-0.4, -0.2) is 60.4 Å². The van der Waals surface area contributed by atoms with Crippen molar-refractivity contribution >= 4 is 11.8 Å². The van der Waals surface area contributed by atoms with Gasteiger partial charge in [0.25, 0.3) is 0 Å². The van der Waals surface area contributed by atoms with Gasteiger partial charge in [0.15, 0.2) is 0 Å². The summed E-state index contributed by atoms with van der Waals surface area (Å²) >= 11 is 0. The summed E-state index contributed by atoms with van der Waals surface area (Å²) in [6, 6.07) is -0.298. The van der Waals surface area contributed by atoms with Gasteiger partial charge in [0.05, 0.1) is 0 Å². The van der Waals surface area contributed by atoms with Crippen molar-refractivity contribution in [3.63, 3.8) is 0 Å². The predicted molar refractivity (Wildman–Crippen MR) is 96.7 cm³/mol. The first-order valence-electron chi connectivity index (χ1n) is 9.89. The Hall–Kier alpha value is -1.10. The van der Waals surface area contributed by atoms with Crippen LogP contribution in [0.4, 0.5) is 0 Å². The van der Waals surface area contributed by atoms with Crippen molar-refractivity contribution in [2.75, 3.05) is 32.7 Å². The van der Waals surface area contributed by atoms with E-state index >= 15 is 0 Å². The molecule has 0 bridgehead atoms. The van der Waals surface area contributed by atoms with Crippen molar-refractivity contribution in [1.29, 1.82) is 0 Å². The average Bonchev–Trinajstić information content (AvgIpc) is 2.97. The van der Waals surface area contributed by atoms with E-state index in [1.807, 2.05) is 13.8 Å². The van der Waals surface area contributed by atoms with Crippen molar-refractivity contribution in [2.45, 2.75) is 71.3 Å². The van der Waals surface area contributed by atoms with Crippen molar-refractivity contribution in [3.8, 4) is 0 Å². The molecule has 1 unspecified atom stereocenters. The number of hydrogen-bond acceptors (Lipinski definition) is 3. The lowest BCUT2D eigenvalue weighted by molar-refractivity contribution is -0.139. The Bertz CT molecular complexity index is 405. The Morgan fingerprint density at radius 2 is 1.79 bits per heavy atom. The number of rotatable bonds is 9. The van der Waals surface area contributed by atoms with Crippen molar-refractivity contribution in [2.24, 2.45) is 5.92 Å². The van der Waals surface area contributed by atoms with Gasteiger partial charge >= 0.3 is 0 Å². The fourth-order valence-electron chi connectivity index (χ4n) is 3.90. The van der Waals surface area contributed by atoms with Gasteiger partial charge in [-0.15, -0.1) is 0 Å². The third kappa shape index (κ3) is 5.76. The molecule has 2 heterocycles. The Morgan fingerprint density at radius 1 is 1.04 bits per heavy atom. The van der Waals surface area contributed by atoms with Gasteiger partial charge in [0, 0.05) is 19.5 Å². The standard InChI is InChI=1S/C19H35N3O2/c1-16(2)18(22-15-9-10-17(22)23)19(24)20-11-5-3-6-12-21-13-7-4-8-14-21/h16,18H,3-15H2,1-2H3,(H,20,24). The zero-order valence-corrected chi connectivity index (χ0v) is 15.6. The van der Waals surface area contributed by atoms with Gasteiger partial charge in [-0.3, -0.25) is 9.59 Å². The molecule has 2 rings (SSSR count). The molecule has 0 aromatic rings.